The Morgan fingerprint density at radius 2 is 1.77 bits per heavy atom. The van der Waals surface area contributed by atoms with Crippen LogP contribution in [0, 0.1) is 5.92 Å². The molecule has 2 fully saturated rings. The number of rotatable bonds is 4. The third-order valence-electron chi connectivity index (χ3n) is 5.17. The summed E-state index contributed by atoms with van der Waals surface area (Å²) in [4.78, 5) is 28.0. The Bertz CT molecular complexity index is 384. The Labute approximate surface area is 139 Å². The second kappa shape index (κ2) is 8.73. The highest BCUT2D eigenvalue weighted by molar-refractivity contribution is 5.85. The number of carbonyl (C=O) groups excluding carboxylic acids is 1. The molecule has 2 atom stereocenters. The van der Waals surface area contributed by atoms with E-state index in [0.29, 0.717) is 32.0 Å². The maximum absolute atomic E-state index is 12.7. The Balaban J connectivity index is 0.00000242. The zero-order chi connectivity index (χ0) is 15.4. The van der Waals surface area contributed by atoms with Crippen molar-refractivity contribution >= 4 is 24.3 Å². The molecule has 0 radical (unpaired) electrons. The van der Waals surface area contributed by atoms with E-state index in [1.807, 2.05) is 6.92 Å². The van der Waals surface area contributed by atoms with Gasteiger partial charge in [-0.2, -0.15) is 0 Å². The van der Waals surface area contributed by atoms with Crippen LogP contribution < -0.4 is 0 Å². The molecule has 2 heterocycles. The second-order valence-corrected chi connectivity index (χ2v) is 6.41. The number of piperidine rings is 2. The molecule has 2 rings (SSSR count). The van der Waals surface area contributed by atoms with Gasteiger partial charge >= 0.3 is 5.97 Å². The zero-order valence-electron chi connectivity index (χ0n) is 13.7. The lowest BCUT2D eigenvalue weighted by Gasteiger charge is -2.41. The molecule has 1 N–H and O–H groups in total. The van der Waals surface area contributed by atoms with Gasteiger partial charge in [-0.25, -0.2) is 0 Å². The summed E-state index contributed by atoms with van der Waals surface area (Å²) in [6, 6.07) is 0.275. The van der Waals surface area contributed by atoms with Gasteiger partial charge in [-0.15, -0.1) is 12.4 Å². The fraction of sp³-hybridized carbons (Fsp3) is 0.875. The lowest BCUT2D eigenvalue weighted by Crippen LogP contribution is -2.53. The van der Waals surface area contributed by atoms with E-state index in [4.69, 9.17) is 5.11 Å². The first-order valence-electron chi connectivity index (χ1n) is 8.32. The molecular formula is C16H29ClN2O3. The van der Waals surface area contributed by atoms with Crippen LogP contribution in [-0.4, -0.2) is 58.5 Å². The number of nitrogens with zero attached hydrogens (tertiary/aromatic N) is 2. The quantitative estimate of drug-likeness (QED) is 0.858. The molecule has 22 heavy (non-hydrogen) atoms. The molecule has 0 bridgehead atoms. The molecule has 0 aromatic carbocycles. The van der Waals surface area contributed by atoms with Gasteiger partial charge in [0.05, 0.1) is 12.0 Å². The Morgan fingerprint density at radius 1 is 1.14 bits per heavy atom. The highest BCUT2D eigenvalue weighted by Crippen LogP contribution is 2.24. The van der Waals surface area contributed by atoms with Crippen molar-refractivity contribution in [2.45, 2.75) is 64.5 Å². The van der Waals surface area contributed by atoms with E-state index in [-0.39, 0.29) is 30.3 Å². The predicted molar refractivity (Wildman–Crippen MR) is 88.3 cm³/mol. The molecule has 6 heteroatoms. The highest BCUT2D eigenvalue weighted by Gasteiger charge is 2.34. The molecule has 0 spiro atoms. The predicted octanol–water partition coefficient (Wildman–Crippen LogP) is 2.38. The normalized spacial score (nSPS) is 25.4. The number of hydrogen-bond donors (Lipinski definition) is 1. The summed E-state index contributed by atoms with van der Waals surface area (Å²) in [5.74, 6) is -0.701. The van der Waals surface area contributed by atoms with Crippen molar-refractivity contribution in [2.24, 2.45) is 5.92 Å². The van der Waals surface area contributed by atoms with E-state index in [1.165, 1.54) is 6.42 Å². The molecule has 0 saturated carbocycles. The van der Waals surface area contributed by atoms with Crippen LogP contribution in [0.5, 0.6) is 0 Å². The number of hydrogen-bond acceptors (Lipinski definition) is 3. The fourth-order valence-corrected chi connectivity index (χ4v) is 3.65. The number of carboxylic acid groups (broad SMARTS) is 1. The van der Waals surface area contributed by atoms with E-state index in [0.717, 1.165) is 25.8 Å². The first kappa shape index (κ1) is 19.2. The lowest BCUT2D eigenvalue weighted by molar-refractivity contribution is -0.144. The van der Waals surface area contributed by atoms with Crippen molar-refractivity contribution in [3.05, 3.63) is 0 Å². The van der Waals surface area contributed by atoms with Gasteiger partial charge in [-0.05, 0) is 58.5 Å². The fourth-order valence-electron chi connectivity index (χ4n) is 3.65. The van der Waals surface area contributed by atoms with Crippen LogP contribution in [0.15, 0.2) is 0 Å². The molecule has 2 unspecified atom stereocenters. The summed E-state index contributed by atoms with van der Waals surface area (Å²) in [6.45, 7) is 6.44. The van der Waals surface area contributed by atoms with Gasteiger partial charge in [0.2, 0.25) is 5.91 Å². The largest absolute Gasteiger partial charge is 0.481 e. The summed E-state index contributed by atoms with van der Waals surface area (Å²) < 4.78 is 0. The van der Waals surface area contributed by atoms with Gasteiger partial charge in [0.15, 0.2) is 0 Å². The van der Waals surface area contributed by atoms with Gasteiger partial charge in [0, 0.05) is 12.6 Å². The third kappa shape index (κ3) is 4.35. The SMILES string of the molecule is CCC1CCCCN1C(=O)C(C)N1CCC(C(=O)O)CC1.Cl. The monoisotopic (exact) mass is 332 g/mol. The van der Waals surface area contributed by atoms with Crippen molar-refractivity contribution in [1.82, 2.24) is 9.80 Å². The van der Waals surface area contributed by atoms with Crippen molar-refractivity contribution < 1.29 is 14.7 Å². The number of likely N-dealkylation sites (tertiary alicyclic amines) is 2. The van der Waals surface area contributed by atoms with Crippen LogP contribution in [0.2, 0.25) is 0 Å². The highest BCUT2D eigenvalue weighted by atomic mass is 35.5. The zero-order valence-corrected chi connectivity index (χ0v) is 14.5. The van der Waals surface area contributed by atoms with E-state index < -0.39 is 5.97 Å². The molecule has 0 aromatic rings. The van der Waals surface area contributed by atoms with E-state index in [2.05, 4.69) is 16.7 Å². The summed E-state index contributed by atoms with van der Waals surface area (Å²) in [6.07, 6.45) is 5.79. The molecule has 128 valence electrons. The number of amides is 1. The first-order chi connectivity index (χ1) is 10.0. The number of aliphatic carboxylic acids is 1. The minimum absolute atomic E-state index is 0. The van der Waals surface area contributed by atoms with Crippen LogP contribution in [0.25, 0.3) is 0 Å². The first-order valence-corrected chi connectivity index (χ1v) is 8.32. The van der Waals surface area contributed by atoms with Gasteiger partial charge in [0.1, 0.15) is 0 Å². The van der Waals surface area contributed by atoms with E-state index >= 15 is 0 Å². The van der Waals surface area contributed by atoms with Crippen molar-refractivity contribution in [3.63, 3.8) is 0 Å². The van der Waals surface area contributed by atoms with Crippen LogP contribution >= 0.6 is 12.4 Å². The molecule has 2 aliphatic heterocycles. The average molecular weight is 333 g/mol. The molecule has 0 aliphatic carbocycles. The van der Waals surface area contributed by atoms with Crippen LogP contribution in [-0.2, 0) is 9.59 Å². The molecule has 1 amide bonds. The van der Waals surface area contributed by atoms with Gasteiger partial charge in [0.25, 0.3) is 0 Å². The van der Waals surface area contributed by atoms with Crippen LogP contribution in [0.3, 0.4) is 0 Å². The van der Waals surface area contributed by atoms with Crippen molar-refractivity contribution in [2.75, 3.05) is 19.6 Å². The van der Waals surface area contributed by atoms with Gasteiger partial charge in [-0.1, -0.05) is 6.92 Å². The average Bonchev–Trinajstić information content (AvgIpc) is 2.53. The van der Waals surface area contributed by atoms with Gasteiger partial charge < -0.3 is 10.0 Å². The Hall–Kier alpha value is -0.810. The topological polar surface area (TPSA) is 60.9 Å². The lowest BCUT2D eigenvalue weighted by atomic mass is 9.95. The maximum Gasteiger partial charge on any atom is 0.306 e. The second-order valence-electron chi connectivity index (χ2n) is 6.41. The molecule has 2 aliphatic rings. The molecular weight excluding hydrogens is 304 g/mol. The minimum atomic E-state index is -0.698. The smallest absolute Gasteiger partial charge is 0.306 e. The van der Waals surface area contributed by atoms with Crippen LogP contribution in [0.1, 0.15) is 52.4 Å². The molecule has 5 nitrogen and oxygen atoms in total. The number of carboxylic acids is 1. The van der Waals surface area contributed by atoms with E-state index in [9.17, 15) is 9.59 Å². The van der Waals surface area contributed by atoms with Crippen molar-refractivity contribution in [1.29, 1.82) is 0 Å². The van der Waals surface area contributed by atoms with E-state index in [1.54, 1.807) is 0 Å². The summed E-state index contributed by atoms with van der Waals surface area (Å²) >= 11 is 0. The molecule has 0 aromatic heterocycles. The minimum Gasteiger partial charge on any atom is -0.481 e. The number of halogens is 1. The standard InChI is InChI=1S/C16H28N2O3.ClH/c1-3-14-6-4-5-9-18(14)15(19)12(2)17-10-7-13(8-11-17)16(20)21;/h12-14H,3-11H2,1-2H3,(H,20,21);1H. The Kier molecular flexibility index (Phi) is 7.63. The summed E-state index contributed by atoms with van der Waals surface area (Å²) in [5, 5.41) is 9.05. The third-order valence-corrected chi connectivity index (χ3v) is 5.17. The summed E-state index contributed by atoms with van der Waals surface area (Å²) in [5.41, 5.74) is 0. The maximum atomic E-state index is 12.7. The van der Waals surface area contributed by atoms with Crippen molar-refractivity contribution in [3.8, 4) is 0 Å². The Morgan fingerprint density at radius 3 is 2.32 bits per heavy atom. The van der Waals surface area contributed by atoms with Gasteiger partial charge in [-0.3, -0.25) is 14.5 Å². The number of carbonyl (C=O) groups is 2. The summed E-state index contributed by atoms with van der Waals surface area (Å²) in [7, 11) is 0. The van der Waals surface area contributed by atoms with Crippen LogP contribution in [0.4, 0.5) is 0 Å². The molecule has 2 saturated heterocycles.